The first kappa shape index (κ1) is 64.3. The Morgan fingerprint density at radius 1 is 1.25 bits per heavy atom. The third-order valence-corrected chi connectivity index (χ3v) is 0. The van der Waals surface area contributed by atoms with Crippen LogP contribution in [0.4, 0.5) is 0 Å². The molecule has 0 atom stereocenters. The molecule has 0 saturated heterocycles. The van der Waals surface area contributed by atoms with Crippen molar-refractivity contribution in [3.63, 3.8) is 0 Å². The summed E-state index contributed by atoms with van der Waals surface area (Å²) in [7, 11) is 1.25. The minimum absolute atomic E-state index is 0. The molecular weight excluding hydrogens is 479 g/mol. The summed E-state index contributed by atoms with van der Waals surface area (Å²) < 4.78 is 0. The first-order chi connectivity index (χ1) is 1.00. The second kappa shape index (κ2) is 48.4. The molecule has 0 amide bonds. The maximum Gasteiger partial charge on any atom is 0 e. The van der Waals surface area contributed by atoms with E-state index in [2.05, 4.69) is 0 Å². The molecule has 0 fully saturated rings. The topological polar surface area (TPSA) is 23.8 Å². The van der Waals surface area contributed by atoms with Gasteiger partial charge in [-0.25, -0.2) is 0 Å². The van der Waals surface area contributed by atoms with Crippen LogP contribution in [-0.2, 0) is 20.4 Å². The van der Waals surface area contributed by atoms with Crippen molar-refractivity contribution in [2.24, 2.45) is 0 Å². The van der Waals surface area contributed by atoms with Crippen LogP contribution in [0.2, 0.25) is 0 Å². The zero-order chi connectivity index (χ0) is 2.00. The van der Waals surface area contributed by atoms with E-state index >= 15 is 0 Å². The van der Waals surface area contributed by atoms with Crippen molar-refractivity contribution >= 4 is 0 Å². The van der Waals surface area contributed by atoms with Gasteiger partial charge in [0.2, 0.25) is 0 Å². The molecule has 0 aromatic carbocycles. The monoisotopic (exact) mass is 484 g/mol. The quantitative estimate of drug-likeness (QED) is 0.484. The Hall–Kier alpha value is -0.378. The first-order valence-corrected chi connectivity index (χ1v) is 0.500. The number of rotatable bonds is 0. The normalized spacial score (nSPS) is 1.50. The Kier molecular flexibility index (Phi) is 778. The molecule has 0 aromatic rings. The van der Waals surface area contributed by atoms with Crippen molar-refractivity contribution in [1.29, 1.82) is 0 Å². The zero-order valence-corrected chi connectivity index (χ0v) is 11.7. The molecule has 1 N–H and O–H groups in total. The summed E-state index contributed by atoms with van der Waals surface area (Å²) in [6.07, 6.45) is 0. The molecule has 0 heterocycles. The van der Waals surface area contributed by atoms with Crippen molar-refractivity contribution in [2.75, 3.05) is 7.05 Å². The fourth-order valence-electron chi connectivity index (χ4n) is 0. The predicted molar refractivity (Wildman–Crippen MR) is 10.2 cm³/mol. The average Bonchev–Trinajstić information content (AvgIpc) is 1.00. The van der Waals surface area contributed by atoms with Crippen molar-refractivity contribution in [3.05, 3.63) is 5.73 Å². The maximum atomic E-state index is 5.75. The van der Waals surface area contributed by atoms with Gasteiger partial charge in [0.1, 0.15) is 0 Å². The van der Waals surface area contributed by atoms with Crippen LogP contribution in [-0.4, -0.2) is 7.05 Å². The van der Waals surface area contributed by atoms with Crippen LogP contribution in [0, 0.1) is 0 Å². The summed E-state index contributed by atoms with van der Waals surface area (Å²) >= 11 is 0. The second-order valence-corrected chi connectivity index (χ2v) is 0. The Morgan fingerprint density at radius 2 is 1.25 bits per heavy atom. The summed E-state index contributed by atoms with van der Waals surface area (Å²) in [6, 6.07) is 0. The number of hydrogen-bond donors (Lipinski definition) is 0. The smallest absolute Gasteiger partial charge is 0 e. The van der Waals surface area contributed by atoms with Crippen LogP contribution in [0.1, 0.15) is 0 Å². The molecule has 0 spiro atoms. The largest absolute Gasteiger partial charge is 0.680 e. The van der Waals surface area contributed by atoms with Gasteiger partial charge in [-0.05, 0) is 0 Å². The summed E-state index contributed by atoms with van der Waals surface area (Å²) in [6.45, 7) is 0. The van der Waals surface area contributed by atoms with Crippen molar-refractivity contribution in [3.8, 4) is 0 Å². The van der Waals surface area contributed by atoms with Crippen molar-refractivity contribution < 1.29 is 20.4 Å². The van der Waals surface area contributed by atoms with Crippen LogP contribution in [0.5, 0.6) is 0 Å². The van der Waals surface area contributed by atoms with E-state index in [1.54, 1.807) is 0 Å². The van der Waals surface area contributed by atoms with E-state index in [4.69, 9.17) is 5.73 Å². The summed E-state index contributed by atoms with van der Waals surface area (Å²) in [4.78, 5) is 0. The molecular formula is CH4NReRf-. The molecule has 0 bridgehead atoms. The van der Waals surface area contributed by atoms with E-state index in [-0.39, 0.29) is 20.4 Å². The van der Waals surface area contributed by atoms with Gasteiger partial charge in [0.05, 0.1) is 0 Å². The van der Waals surface area contributed by atoms with Gasteiger partial charge in [-0.3, -0.25) is 0 Å². The Bertz CT molecular complexity index is 8.00. The molecule has 4 heavy (non-hydrogen) atoms. The molecule has 0 aliphatic rings. The molecule has 0 saturated carbocycles. The third kappa shape index (κ3) is 4.41. The van der Waals surface area contributed by atoms with E-state index in [0.717, 1.165) is 0 Å². The van der Waals surface area contributed by atoms with Crippen LogP contribution in [0.25, 0.3) is 5.73 Å². The van der Waals surface area contributed by atoms with E-state index < -0.39 is 0 Å². The van der Waals surface area contributed by atoms with Gasteiger partial charge >= 0.3 is 0 Å². The zero-order valence-electron chi connectivity index (χ0n) is 2.59. The van der Waals surface area contributed by atoms with Gasteiger partial charge in [0.15, 0.2) is 0 Å². The Labute approximate surface area is 33.9 Å². The van der Waals surface area contributed by atoms with E-state index in [1.807, 2.05) is 0 Å². The Morgan fingerprint density at radius 3 is 1.25 bits per heavy atom. The second-order valence-electron chi connectivity index (χ2n) is 0. The molecule has 23 valence electrons. The number of hydrogen-bond acceptors (Lipinski definition) is 0. The van der Waals surface area contributed by atoms with E-state index in [1.165, 1.54) is 7.05 Å². The summed E-state index contributed by atoms with van der Waals surface area (Å²) in [5.41, 5.74) is 5.75. The standard InChI is InChI=1S/CH4N.Re.Rf/c1-2;;/h2H,1H3;;/q-1;;. The number of nitrogens with one attached hydrogen (secondary N) is 1. The molecule has 0 unspecified atom stereocenters. The molecule has 3 heteroatoms. The van der Waals surface area contributed by atoms with Crippen LogP contribution in [0.3, 0.4) is 0 Å². The maximum absolute atomic E-state index is 5.75. The first-order valence-electron chi connectivity index (χ1n) is 0.500. The fourth-order valence-corrected chi connectivity index (χ4v) is 0. The molecule has 0 rings (SSSR count). The van der Waals surface area contributed by atoms with Crippen LogP contribution in [0.15, 0.2) is 0 Å². The fraction of sp³-hybridized carbons (Fsp3) is 1.00. The Balaban J connectivity index is -0.00000000500. The summed E-state index contributed by atoms with van der Waals surface area (Å²) in [5, 5.41) is 0. The van der Waals surface area contributed by atoms with Crippen LogP contribution < -0.4 is 0 Å². The van der Waals surface area contributed by atoms with Gasteiger partial charge in [0, 0.05) is 20.4 Å². The SMILES string of the molecule is C[NH-].[Re].[Rf]. The van der Waals surface area contributed by atoms with Crippen molar-refractivity contribution in [2.45, 2.75) is 0 Å². The van der Waals surface area contributed by atoms with E-state index in [9.17, 15) is 0 Å². The molecule has 0 aliphatic heterocycles. The van der Waals surface area contributed by atoms with Gasteiger partial charge in [-0.1, -0.05) is 0 Å². The molecule has 0 aromatic heterocycles. The van der Waals surface area contributed by atoms with Gasteiger partial charge in [-0.15, -0.1) is 0 Å². The minimum Gasteiger partial charge on any atom is -0.680 e. The molecule has 1 nitrogen and oxygen atoms in total. The molecule has 0 aliphatic carbocycles. The van der Waals surface area contributed by atoms with Crippen LogP contribution >= 0.6 is 0 Å². The summed E-state index contributed by atoms with van der Waals surface area (Å²) in [5.74, 6) is 0. The van der Waals surface area contributed by atoms with Gasteiger partial charge < -0.3 is 5.73 Å². The van der Waals surface area contributed by atoms with Gasteiger partial charge in [0.25, 0.3) is 0 Å². The van der Waals surface area contributed by atoms with E-state index in [0.29, 0.717) is 0 Å². The molecule has 1 radical (unpaired) electrons. The average molecular weight is 483 g/mol. The van der Waals surface area contributed by atoms with Gasteiger partial charge in [-0.2, -0.15) is 7.05 Å². The third-order valence-electron chi connectivity index (χ3n) is 0. The minimum atomic E-state index is 0. The van der Waals surface area contributed by atoms with Crippen molar-refractivity contribution in [1.82, 2.24) is 0 Å². The predicted octanol–water partition coefficient (Wildman–Crippen LogP) is 0.666.